The first-order chi connectivity index (χ1) is 8.84. The van der Waals surface area contributed by atoms with Gasteiger partial charge in [-0.3, -0.25) is 9.78 Å². The van der Waals surface area contributed by atoms with E-state index < -0.39 is 0 Å². The van der Waals surface area contributed by atoms with Crippen molar-refractivity contribution in [3.8, 4) is 0 Å². The Hall–Kier alpha value is -2.16. The third-order valence-corrected chi connectivity index (χ3v) is 3.25. The van der Waals surface area contributed by atoms with Gasteiger partial charge in [0, 0.05) is 43.2 Å². The molecule has 0 unspecified atom stereocenters. The number of aromatic nitrogens is 1. The van der Waals surface area contributed by atoms with Crippen LogP contribution < -0.4 is 4.90 Å². The van der Waals surface area contributed by atoms with E-state index in [2.05, 4.69) is 16.0 Å². The highest BCUT2D eigenvalue weighted by Gasteiger charge is 2.22. The van der Waals surface area contributed by atoms with Crippen molar-refractivity contribution in [2.45, 2.75) is 13.0 Å². The SMILES string of the molecule is O=C1CCN(Cc2cccnc2)c2ccccc21. The number of ketones is 1. The smallest absolute Gasteiger partial charge is 0.166 e. The molecule has 3 heteroatoms. The minimum Gasteiger partial charge on any atom is -0.366 e. The number of carbonyl (C=O) groups excluding carboxylic acids is 1. The summed E-state index contributed by atoms with van der Waals surface area (Å²) in [4.78, 5) is 18.2. The van der Waals surface area contributed by atoms with Crippen molar-refractivity contribution < 1.29 is 4.79 Å². The van der Waals surface area contributed by atoms with Gasteiger partial charge in [-0.05, 0) is 23.8 Å². The molecular weight excluding hydrogens is 224 g/mol. The molecule has 3 nitrogen and oxygen atoms in total. The van der Waals surface area contributed by atoms with E-state index in [1.54, 1.807) is 6.20 Å². The molecule has 0 saturated heterocycles. The monoisotopic (exact) mass is 238 g/mol. The topological polar surface area (TPSA) is 33.2 Å². The van der Waals surface area contributed by atoms with Crippen LogP contribution in [0.5, 0.6) is 0 Å². The number of fused-ring (bicyclic) bond motifs is 1. The van der Waals surface area contributed by atoms with Crippen LogP contribution >= 0.6 is 0 Å². The molecule has 0 bridgehead atoms. The molecule has 0 N–H and O–H groups in total. The lowest BCUT2D eigenvalue weighted by atomic mass is 10.00. The van der Waals surface area contributed by atoms with Crippen LogP contribution in [0, 0.1) is 0 Å². The van der Waals surface area contributed by atoms with Crippen molar-refractivity contribution in [1.29, 1.82) is 0 Å². The van der Waals surface area contributed by atoms with E-state index in [1.165, 1.54) is 5.56 Å². The highest BCUT2D eigenvalue weighted by Crippen LogP contribution is 2.27. The average molecular weight is 238 g/mol. The predicted molar refractivity (Wildman–Crippen MR) is 70.7 cm³/mol. The number of Topliss-reactive ketones (excluding diaryl/α,β-unsaturated/α-hetero) is 1. The fraction of sp³-hybridized carbons (Fsp3) is 0.200. The number of hydrogen-bond acceptors (Lipinski definition) is 3. The summed E-state index contributed by atoms with van der Waals surface area (Å²) in [5.41, 5.74) is 3.05. The Morgan fingerprint density at radius 1 is 1.17 bits per heavy atom. The van der Waals surface area contributed by atoms with Crippen LogP contribution in [0.15, 0.2) is 48.8 Å². The Morgan fingerprint density at radius 2 is 2.06 bits per heavy atom. The van der Waals surface area contributed by atoms with Gasteiger partial charge in [0.15, 0.2) is 5.78 Å². The van der Waals surface area contributed by atoms with Crippen LogP contribution in [0.2, 0.25) is 0 Å². The Balaban J connectivity index is 1.91. The highest BCUT2D eigenvalue weighted by molar-refractivity contribution is 6.03. The number of pyridine rings is 1. The van der Waals surface area contributed by atoms with Gasteiger partial charge in [0.2, 0.25) is 0 Å². The molecule has 2 aromatic rings. The zero-order valence-corrected chi connectivity index (χ0v) is 10.0. The van der Waals surface area contributed by atoms with Gasteiger partial charge in [-0.25, -0.2) is 0 Å². The second-order valence-electron chi connectivity index (χ2n) is 4.47. The van der Waals surface area contributed by atoms with Crippen molar-refractivity contribution in [2.24, 2.45) is 0 Å². The van der Waals surface area contributed by atoms with E-state index in [1.807, 2.05) is 36.5 Å². The van der Waals surface area contributed by atoms with Gasteiger partial charge in [-0.1, -0.05) is 18.2 Å². The number of carbonyl (C=O) groups is 1. The van der Waals surface area contributed by atoms with Crippen LogP contribution in [-0.4, -0.2) is 17.3 Å². The standard InChI is InChI=1S/C15H14N2O/c18-15-7-9-17(11-12-4-3-8-16-10-12)14-6-2-1-5-13(14)15/h1-6,8,10H,7,9,11H2. The molecule has 0 atom stereocenters. The number of para-hydroxylation sites is 1. The van der Waals surface area contributed by atoms with Crippen LogP contribution in [0.4, 0.5) is 5.69 Å². The summed E-state index contributed by atoms with van der Waals surface area (Å²) in [7, 11) is 0. The molecular formula is C15H14N2O. The number of rotatable bonds is 2. The van der Waals surface area contributed by atoms with E-state index in [-0.39, 0.29) is 5.78 Å². The summed E-state index contributed by atoms with van der Waals surface area (Å²) in [6.45, 7) is 1.59. The van der Waals surface area contributed by atoms with Crippen LogP contribution in [0.25, 0.3) is 0 Å². The second kappa shape index (κ2) is 4.61. The Kier molecular flexibility index (Phi) is 2.81. The first-order valence-corrected chi connectivity index (χ1v) is 6.11. The van der Waals surface area contributed by atoms with E-state index in [9.17, 15) is 4.79 Å². The fourth-order valence-electron chi connectivity index (χ4n) is 2.35. The molecule has 18 heavy (non-hydrogen) atoms. The first kappa shape index (κ1) is 11.0. The number of hydrogen-bond donors (Lipinski definition) is 0. The van der Waals surface area contributed by atoms with Crippen molar-refractivity contribution in [3.05, 3.63) is 59.9 Å². The normalized spacial score (nSPS) is 14.4. The van der Waals surface area contributed by atoms with E-state index >= 15 is 0 Å². The van der Waals surface area contributed by atoms with Gasteiger partial charge < -0.3 is 4.90 Å². The van der Waals surface area contributed by atoms with Crippen molar-refractivity contribution in [2.75, 3.05) is 11.4 Å². The summed E-state index contributed by atoms with van der Waals surface area (Å²) in [5.74, 6) is 0.244. The zero-order valence-electron chi connectivity index (χ0n) is 10.0. The molecule has 2 heterocycles. The largest absolute Gasteiger partial charge is 0.366 e. The van der Waals surface area contributed by atoms with Gasteiger partial charge in [0.05, 0.1) is 0 Å². The predicted octanol–water partition coefficient (Wildman–Crippen LogP) is 2.67. The summed E-state index contributed by atoms with van der Waals surface area (Å²) in [6.07, 6.45) is 4.24. The molecule has 0 saturated carbocycles. The molecule has 1 aromatic carbocycles. The summed E-state index contributed by atoms with van der Waals surface area (Å²) < 4.78 is 0. The molecule has 1 aliphatic heterocycles. The van der Waals surface area contributed by atoms with Gasteiger partial charge in [0.1, 0.15) is 0 Å². The quantitative estimate of drug-likeness (QED) is 0.806. The second-order valence-corrected chi connectivity index (χ2v) is 4.47. The minimum atomic E-state index is 0.244. The lowest BCUT2D eigenvalue weighted by Crippen LogP contribution is -2.31. The number of anilines is 1. The van der Waals surface area contributed by atoms with Gasteiger partial charge in [0.25, 0.3) is 0 Å². The maximum Gasteiger partial charge on any atom is 0.166 e. The molecule has 90 valence electrons. The average Bonchev–Trinajstić information content (AvgIpc) is 2.44. The maximum absolute atomic E-state index is 11.8. The molecule has 0 radical (unpaired) electrons. The fourth-order valence-corrected chi connectivity index (χ4v) is 2.35. The lowest BCUT2D eigenvalue weighted by Gasteiger charge is -2.30. The Bertz CT molecular complexity index is 566. The number of nitrogens with zero attached hydrogens (tertiary/aromatic N) is 2. The van der Waals surface area contributed by atoms with Crippen molar-refractivity contribution >= 4 is 11.5 Å². The van der Waals surface area contributed by atoms with Gasteiger partial charge >= 0.3 is 0 Å². The molecule has 3 rings (SSSR count). The molecule has 1 aromatic heterocycles. The Morgan fingerprint density at radius 3 is 2.89 bits per heavy atom. The summed E-state index contributed by atoms with van der Waals surface area (Å²) >= 11 is 0. The van der Waals surface area contributed by atoms with Crippen LogP contribution in [0.3, 0.4) is 0 Å². The minimum absolute atomic E-state index is 0.244. The lowest BCUT2D eigenvalue weighted by molar-refractivity contribution is 0.0979. The summed E-state index contributed by atoms with van der Waals surface area (Å²) in [6, 6.07) is 11.8. The molecule has 0 spiro atoms. The molecule has 0 amide bonds. The molecule has 1 aliphatic rings. The van der Waals surface area contributed by atoms with E-state index in [0.29, 0.717) is 6.42 Å². The first-order valence-electron chi connectivity index (χ1n) is 6.11. The van der Waals surface area contributed by atoms with Crippen LogP contribution in [0.1, 0.15) is 22.3 Å². The van der Waals surface area contributed by atoms with Crippen molar-refractivity contribution in [3.63, 3.8) is 0 Å². The van der Waals surface area contributed by atoms with Crippen LogP contribution in [-0.2, 0) is 6.54 Å². The highest BCUT2D eigenvalue weighted by atomic mass is 16.1. The van der Waals surface area contributed by atoms with Gasteiger partial charge in [-0.15, -0.1) is 0 Å². The van der Waals surface area contributed by atoms with E-state index in [0.717, 1.165) is 24.3 Å². The Labute approximate surface area is 106 Å². The molecule has 0 aliphatic carbocycles. The third-order valence-electron chi connectivity index (χ3n) is 3.25. The molecule has 0 fully saturated rings. The van der Waals surface area contributed by atoms with Crippen molar-refractivity contribution in [1.82, 2.24) is 4.98 Å². The number of benzene rings is 1. The zero-order chi connectivity index (χ0) is 12.4. The maximum atomic E-state index is 11.8. The van der Waals surface area contributed by atoms with E-state index in [4.69, 9.17) is 0 Å². The summed E-state index contributed by atoms with van der Waals surface area (Å²) in [5, 5.41) is 0. The van der Waals surface area contributed by atoms with Gasteiger partial charge in [-0.2, -0.15) is 0 Å². The third kappa shape index (κ3) is 1.99.